The van der Waals surface area contributed by atoms with E-state index in [2.05, 4.69) is 0 Å². The van der Waals surface area contributed by atoms with Gasteiger partial charge >= 0.3 is 0 Å². The van der Waals surface area contributed by atoms with Crippen LogP contribution in [0.2, 0.25) is 0 Å². The summed E-state index contributed by atoms with van der Waals surface area (Å²) in [7, 11) is 0. The van der Waals surface area contributed by atoms with E-state index in [1.807, 2.05) is 67.6 Å². The molecule has 2 aromatic carbocycles. The number of hydrogen-bond donors (Lipinski definition) is 1. The molecule has 1 aliphatic rings. The fourth-order valence-corrected chi connectivity index (χ4v) is 3.05. The molecule has 1 saturated heterocycles. The smallest absolute Gasteiger partial charge is 0.117 e. The van der Waals surface area contributed by atoms with Gasteiger partial charge < -0.3 is 19.3 Å². The van der Waals surface area contributed by atoms with Crippen molar-refractivity contribution in [1.29, 1.82) is 0 Å². The second-order valence-electron chi connectivity index (χ2n) is 6.75. The summed E-state index contributed by atoms with van der Waals surface area (Å²) >= 11 is 0. The van der Waals surface area contributed by atoms with Crippen molar-refractivity contribution < 1.29 is 19.3 Å². The number of aliphatic hydroxyl groups is 1. The van der Waals surface area contributed by atoms with Gasteiger partial charge in [0.25, 0.3) is 0 Å². The third kappa shape index (κ3) is 4.47. The van der Waals surface area contributed by atoms with Gasteiger partial charge in [-0.1, -0.05) is 60.7 Å². The quantitative estimate of drug-likeness (QED) is 0.875. The van der Waals surface area contributed by atoms with Gasteiger partial charge in [-0.05, 0) is 25.0 Å². The van der Waals surface area contributed by atoms with E-state index in [0.29, 0.717) is 19.8 Å². The van der Waals surface area contributed by atoms with Gasteiger partial charge in [0.2, 0.25) is 0 Å². The second-order valence-corrected chi connectivity index (χ2v) is 6.75. The van der Waals surface area contributed by atoms with Crippen molar-refractivity contribution in [2.45, 2.75) is 51.0 Å². The van der Waals surface area contributed by atoms with Crippen molar-refractivity contribution in [3.63, 3.8) is 0 Å². The number of ether oxygens (including phenoxy) is 3. The number of rotatable bonds is 6. The van der Waals surface area contributed by atoms with Gasteiger partial charge in [0, 0.05) is 0 Å². The van der Waals surface area contributed by atoms with Gasteiger partial charge in [-0.2, -0.15) is 0 Å². The summed E-state index contributed by atoms with van der Waals surface area (Å²) in [6, 6.07) is 19.9. The van der Waals surface area contributed by atoms with Gasteiger partial charge in [0.1, 0.15) is 17.8 Å². The Hall–Kier alpha value is -1.72. The molecule has 3 unspecified atom stereocenters. The molecule has 0 amide bonds. The minimum absolute atomic E-state index is 0.315. The highest BCUT2D eigenvalue weighted by Gasteiger charge is 2.48. The molecule has 0 bridgehead atoms. The third-order valence-electron chi connectivity index (χ3n) is 4.83. The molecule has 3 rings (SSSR count). The van der Waals surface area contributed by atoms with Crippen LogP contribution in [0.1, 0.15) is 25.0 Å². The zero-order valence-corrected chi connectivity index (χ0v) is 14.8. The molecule has 4 atom stereocenters. The van der Waals surface area contributed by atoms with E-state index in [0.717, 1.165) is 11.1 Å². The first-order valence-electron chi connectivity index (χ1n) is 8.72. The Bertz CT molecular complexity index is 641. The van der Waals surface area contributed by atoms with Crippen molar-refractivity contribution in [3.05, 3.63) is 71.8 Å². The van der Waals surface area contributed by atoms with E-state index in [1.54, 1.807) is 6.92 Å². The maximum Gasteiger partial charge on any atom is 0.117 e. The fourth-order valence-electron chi connectivity index (χ4n) is 3.05. The molecule has 0 spiro atoms. The average Bonchev–Trinajstić information content (AvgIpc) is 2.63. The van der Waals surface area contributed by atoms with E-state index < -0.39 is 11.7 Å². The Morgan fingerprint density at radius 3 is 2.04 bits per heavy atom. The van der Waals surface area contributed by atoms with Crippen molar-refractivity contribution >= 4 is 0 Å². The Kier molecular flexibility index (Phi) is 5.86. The van der Waals surface area contributed by atoms with Crippen LogP contribution in [0.4, 0.5) is 0 Å². The highest BCUT2D eigenvalue weighted by molar-refractivity contribution is 5.14. The standard InChI is InChI=1S/C21H26O4/c1-16-21(2,22)20(25-14-18-11-7-4-8-12-18)19(15-23-16)24-13-17-9-5-3-6-10-17/h3-12,16,19-20,22H,13-15H2,1-2H3/t16?,19?,20?,21-/m0/s1. The summed E-state index contributed by atoms with van der Waals surface area (Å²) in [6.07, 6.45) is -1.10. The van der Waals surface area contributed by atoms with Crippen molar-refractivity contribution in [3.8, 4) is 0 Å². The van der Waals surface area contributed by atoms with Crippen molar-refractivity contribution in [2.75, 3.05) is 6.61 Å². The van der Waals surface area contributed by atoms with E-state index in [9.17, 15) is 5.11 Å². The molecule has 134 valence electrons. The SMILES string of the molecule is CC1OCC(OCc2ccccc2)C(OCc2ccccc2)[C@@]1(C)O. The predicted molar refractivity (Wildman–Crippen MR) is 96.1 cm³/mol. The fraction of sp³-hybridized carbons (Fsp3) is 0.429. The molecule has 0 aliphatic carbocycles. The first-order chi connectivity index (χ1) is 12.1. The van der Waals surface area contributed by atoms with Gasteiger partial charge in [0.05, 0.1) is 25.9 Å². The largest absolute Gasteiger partial charge is 0.385 e. The van der Waals surface area contributed by atoms with Crippen LogP contribution < -0.4 is 0 Å². The van der Waals surface area contributed by atoms with Crippen LogP contribution in [-0.2, 0) is 27.4 Å². The summed E-state index contributed by atoms with van der Waals surface area (Å²) in [4.78, 5) is 0. The van der Waals surface area contributed by atoms with Crippen LogP contribution in [0, 0.1) is 0 Å². The summed E-state index contributed by atoms with van der Waals surface area (Å²) in [5.41, 5.74) is 1.04. The van der Waals surface area contributed by atoms with Crippen LogP contribution in [0.25, 0.3) is 0 Å². The van der Waals surface area contributed by atoms with Gasteiger partial charge in [-0.25, -0.2) is 0 Å². The van der Waals surface area contributed by atoms with E-state index in [-0.39, 0.29) is 12.2 Å². The lowest BCUT2D eigenvalue weighted by Gasteiger charge is -2.45. The molecule has 0 aromatic heterocycles. The maximum atomic E-state index is 10.9. The first-order valence-corrected chi connectivity index (χ1v) is 8.72. The molecule has 4 nitrogen and oxygen atoms in total. The predicted octanol–water partition coefficient (Wildman–Crippen LogP) is 3.33. The lowest BCUT2D eigenvalue weighted by Crippen LogP contribution is -2.61. The van der Waals surface area contributed by atoms with Crippen LogP contribution in [0.3, 0.4) is 0 Å². The Balaban J connectivity index is 1.68. The van der Waals surface area contributed by atoms with Gasteiger partial charge in [-0.15, -0.1) is 0 Å². The minimum atomic E-state index is -1.12. The highest BCUT2D eigenvalue weighted by atomic mass is 16.6. The summed E-state index contributed by atoms with van der Waals surface area (Å²) in [5.74, 6) is 0. The molecule has 25 heavy (non-hydrogen) atoms. The second kappa shape index (κ2) is 8.11. The molecule has 4 heteroatoms. The molecule has 1 N–H and O–H groups in total. The van der Waals surface area contributed by atoms with Crippen LogP contribution in [0.15, 0.2) is 60.7 Å². The first kappa shape index (κ1) is 18.1. The van der Waals surface area contributed by atoms with Crippen LogP contribution in [0.5, 0.6) is 0 Å². The van der Waals surface area contributed by atoms with Crippen LogP contribution >= 0.6 is 0 Å². The molecular weight excluding hydrogens is 316 g/mol. The highest BCUT2D eigenvalue weighted by Crippen LogP contribution is 2.31. The lowest BCUT2D eigenvalue weighted by molar-refractivity contribution is -0.259. The van der Waals surface area contributed by atoms with Crippen molar-refractivity contribution in [2.24, 2.45) is 0 Å². The third-order valence-corrected chi connectivity index (χ3v) is 4.83. The molecule has 1 heterocycles. The number of hydrogen-bond acceptors (Lipinski definition) is 4. The Morgan fingerprint density at radius 1 is 0.960 bits per heavy atom. The summed E-state index contributed by atoms with van der Waals surface area (Å²) in [6.45, 7) is 4.92. The minimum Gasteiger partial charge on any atom is -0.385 e. The topological polar surface area (TPSA) is 47.9 Å². The zero-order chi connectivity index (χ0) is 17.7. The van der Waals surface area contributed by atoms with Gasteiger partial charge in [-0.3, -0.25) is 0 Å². The normalized spacial score (nSPS) is 29.5. The molecule has 1 fully saturated rings. The monoisotopic (exact) mass is 342 g/mol. The molecule has 2 aromatic rings. The molecule has 1 aliphatic heterocycles. The van der Waals surface area contributed by atoms with E-state index in [1.165, 1.54) is 0 Å². The Morgan fingerprint density at radius 2 is 1.48 bits per heavy atom. The molecular formula is C21H26O4. The maximum absolute atomic E-state index is 10.9. The summed E-state index contributed by atoms with van der Waals surface area (Å²) in [5, 5.41) is 10.9. The summed E-state index contributed by atoms with van der Waals surface area (Å²) < 4.78 is 17.9. The zero-order valence-electron chi connectivity index (χ0n) is 14.8. The van der Waals surface area contributed by atoms with Gasteiger partial charge in [0.15, 0.2) is 0 Å². The van der Waals surface area contributed by atoms with Crippen molar-refractivity contribution in [1.82, 2.24) is 0 Å². The Labute approximate surface area is 149 Å². The number of benzene rings is 2. The van der Waals surface area contributed by atoms with E-state index in [4.69, 9.17) is 14.2 Å². The average molecular weight is 342 g/mol. The molecule has 0 radical (unpaired) electrons. The van der Waals surface area contributed by atoms with E-state index >= 15 is 0 Å². The lowest BCUT2D eigenvalue weighted by atomic mass is 9.87. The van der Waals surface area contributed by atoms with Crippen LogP contribution in [-0.4, -0.2) is 35.6 Å². The molecule has 0 saturated carbocycles.